The number of carbonyl (C=O) groups excluding carboxylic acids is 4. The molecule has 0 spiro atoms. The van der Waals surface area contributed by atoms with Gasteiger partial charge in [-0.05, 0) is 49.3 Å². The van der Waals surface area contributed by atoms with Gasteiger partial charge >= 0.3 is 5.97 Å². The number of nitrogens with one attached hydrogen (secondary N) is 3. The van der Waals surface area contributed by atoms with Crippen molar-refractivity contribution in [2.75, 3.05) is 34.9 Å². The van der Waals surface area contributed by atoms with Crippen molar-refractivity contribution in [2.45, 2.75) is 123 Å². The number of ether oxygens (including phenoxy) is 2. The number of benzene rings is 1. The molecule has 1 aromatic carbocycles. The Morgan fingerprint density at radius 1 is 0.962 bits per heavy atom. The Bertz CT molecular complexity index is 1380. The number of aliphatic carboxylic acids is 1. The second kappa shape index (κ2) is 21.3. The summed E-state index contributed by atoms with van der Waals surface area (Å²) in [5.74, 6) is -4.34. The molecule has 9 atom stereocenters. The Morgan fingerprint density at radius 3 is 2.09 bits per heavy atom. The normalized spacial score (nSPS) is 19.1. The molecule has 13 nitrogen and oxygen atoms in total. The van der Waals surface area contributed by atoms with Crippen LogP contribution in [0.5, 0.6) is 0 Å². The number of carboxylic acid groups (broad SMARTS) is 1. The number of rotatable bonds is 21. The molecule has 2 rings (SSSR count). The number of carbonyl (C=O) groups is 5. The average Bonchev–Trinajstić information content (AvgIpc) is 3.60. The molecular formula is C39H64FN5O8. The molecule has 53 heavy (non-hydrogen) atoms. The molecule has 1 fully saturated rings. The second-order valence-electron chi connectivity index (χ2n) is 15.0. The van der Waals surface area contributed by atoms with Crippen LogP contribution in [-0.4, -0.2) is 122 Å². The third kappa shape index (κ3) is 11.9. The summed E-state index contributed by atoms with van der Waals surface area (Å²) in [6.45, 7) is 13.7. The minimum atomic E-state index is -1.37. The van der Waals surface area contributed by atoms with Crippen LogP contribution in [0.15, 0.2) is 24.3 Å². The van der Waals surface area contributed by atoms with E-state index in [1.165, 1.54) is 32.4 Å². The molecule has 1 heterocycles. The van der Waals surface area contributed by atoms with Crippen molar-refractivity contribution in [1.82, 2.24) is 25.8 Å². The lowest BCUT2D eigenvalue weighted by Crippen LogP contribution is -2.59. The largest absolute Gasteiger partial charge is 0.480 e. The minimum Gasteiger partial charge on any atom is -0.480 e. The van der Waals surface area contributed by atoms with Crippen LogP contribution >= 0.6 is 0 Å². The zero-order valence-corrected chi connectivity index (χ0v) is 33.5. The van der Waals surface area contributed by atoms with Gasteiger partial charge < -0.3 is 40.3 Å². The molecule has 0 saturated carbocycles. The zero-order chi connectivity index (χ0) is 40.2. The topological polar surface area (TPSA) is 167 Å². The van der Waals surface area contributed by atoms with Gasteiger partial charge in [-0.1, -0.05) is 73.1 Å². The summed E-state index contributed by atoms with van der Waals surface area (Å²) in [5.41, 5.74) is 0.164. The third-order valence-electron chi connectivity index (χ3n) is 10.7. The third-order valence-corrected chi connectivity index (χ3v) is 10.7. The van der Waals surface area contributed by atoms with Crippen LogP contribution in [0.25, 0.3) is 0 Å². The Hall–Kier alpha value is -3.62. The fourth-order valence-electron chi connectivity index (χ4n) is 7.44. The highest BCUT2D eigenvalue weighted by molar-refractivity contribution is 5.90. The molecule has 300 valence electrons. The van der Waals surface area contributed by atoms with Gasteiger partial charge in [0.25, 0.3) is 0 Å². The lowest BCUT2D eigenvalue weighted by Gasteiger charge is -2.41. The number of carboxylic acids is 1. The summed E-state index contributed by atoms with van der Waals surface area (Å²) >= 11 is 0. The molecule has 1 aliphatic heterocycles. The van der Waals surface area contributed by atoms with Crippen LogP contribution in [-0.2, 0) is 39.9 Å². The number of hydrogen-bond acceptors (Lipinski definition) is 8. The number of likely N-dealkylation sites (N-methyl/N-ethyl adjacent to an activating group) is 2. The van der Waals surface area contributed by atoms with Crippen molar-refractivity contribution in [2.24, 2.45) is 23.7 Å². The van der Waals surface area contributed by atoms with Crippen molar-refractivity contribution in [3.63, 3.8) is 0 Å². The molecule has 14 heteroatoms. The van der Waals surface area contributed by atoms with Crippen molar-refractivity contribution in [1.29, 1.82) is 0 Å². The highest BCUT2D eigenvalue weighted by Crippen LogP contribution is 2.30. The van der Waals surface area contributed by atoms with Crippen molar-refractivity contribution in [3.8, 4) is 0 Å². The zero-order valence-electron chi connectivity index (χ0n) is 33.5. The first-order chi connectivity index (χ1) is 24.9. The van der Waals surface area contributed by atoms with Crippen LogP contribution in [0.1, 0.15) is 79.7 Å². The number of nitrogens with zero attached hydrogens (tertiary/aromatic N) is 2. The van der Waals surface area contributed by atoms with E-state index < -0.39 is 66.0 Å². The molecule has 0 aliphatic carbocycles. The molecule has 1 aromatic rings. The van der Waals surface area contributed by atoms with Gasteiger partial charge in [0.15, 0.2) is 0 Å². The maximum absolute atomic E-state index is 14.3. The maximum Gasteiger partial charge on any atom is 0.326 e. The van der Waals surface area contributed by atoms with Gasteiger partial charge in [-0.15, -0.1) is 0 Å². The Labute approximate surface area is 315 Å². The van der Waals surface area contributed by atoms with Gasteiger partial charge in [0.2, 0.25) is 23.6 Å². The molecule has 1 saturated heterocycles. The van der Waals surface area contributed by atoms with Crippen LogP contribution in [0.3, 0.4) is 0 Å². The standard InChI is InChI=1S/C39H64FN5O8/c1-12-24(6)34(44(9)38(49)33(23(4)5)43-37(48)32(41-8)22(2)3)30(52-10)21-31(46)45-19-15-18-29(45)35(53-11)25(7)36(47)42-28(39(50)51)20-26-16-13-14-17-27(26)40/h13-14,16-17,22-25,28-30,32-35,41H,12,15,18-21H2,1-11H3,(H,42,47)(H,43,48)(H,50,51)/t24?,25-,28+,29+,30?,32+,33+,34?,35?/m1/s1. The SMILES string of the molecule is CCC(C)C(C(CC(=O)N1CCC[C@H]1C(OC)[C@@H](C)C(=O)N[C@@H](Cc1ccccc1F)C(=O)O)OC)N(C)C(=O)[C@@H](NC(=O)[C@@H](NC)C(C)C)C(C)C. The predicted molar refractivity (Wildman–Crippen MR) is 200 cm³/mol. The molecular weight excluding hydrogens is 685 g/mol. The quantitative estimate of drug-likeness (QED) is 0.148. The monoisotopic (exact) mass is 749 g/mol. The van der Waals surface area contributed by atoms with Crippen molar-refractivity contribution in [3.05, 3.63) is 35.6 Å². The summed E-state index contributed by atoms with van der Waals surface area (Å²) in [5, 5.41) is 18.4. The highest BCUT2D eigenvalue weighted by Gasteiger charge is 2.43. The fourth-order valence-corrected chi connectivity index (χ4v) is 7.44. The van der Waals surface area contributed by atoms with Crippen molar-refractivity contribution < 1.29 is 42.9 Å². The lowest BCUT2D eigenvalue weighted by molar-refractivity contribution is -0.148. The number of likely N-dealkylation sites (tertiary alicyclic amines) is 1. The first-order valence-corrected chi connectivity index (χ1v) is 18.8. The number of methoxy groups -OCH3 is 2. The van der Waals surface area contributed by atoms with Gasteiger partial charge in [0, 0.05) is 34.2 Å². The van der Waals surface area contributed by atoms with E-state index in [9.17, 15) is 33.5 Å². The molecule has 0 aromatic heterocycles. The predicted octanol–water partition coefficient (Wildman–Crippen LogP) is 3.24. The first kappa shape index (κ1) is 45.5. The summed E-state index contributed by atoms with van der Waals surface area (Å²) in [6, 6.07) is 2.18. The van der Waals surface area contributed by atoms with E-state index in [-0.39, 0.29) is 53.9 Å². The van der Waals surface area contributed by atoms with E-state index in [0.29, 0.717) is 25.8 Å². The second-order valence-corrected chi connectivity index (χ2v) is 15.0. The minimum absolute atomic E-state index is 0.00844. The van der Waals surface area contributed by atoms with E-state index in [1.54, 1.807) is 36.9 Å². The van der Waals surface area contributed by atoms with Crippen LogP contribution in [0, 0.1) is 29.5 Å². The van der Waals surface area contributed by atoms with E-state index in [2.05, 4.69) is 16.0 Å². The van der Waals surface area contributed by atoms with Gasteiger partial charge in [-0.25, -0.2) is 9.18 Å². The summed E-state index contributed by atoms with van der Waals surface area (Å²) in [6.07, 6.45) is 0.190. The first-order valence-electron chi connectivity index (χ1n) is 18.8. The maximum atomic E-state index is 14.3. The summed E-state index contributed by atoms with van der Waals surface area (Å²) < 4.78 is 26.1. The van der Waals surface area contributed by atoms with Gasteiger partial charge in [-0.2, -0.15) is 0 Å². The summed E-state index contributed by atoms with van der Waals surface area (Å²) in [4.78, 5) is 70.2. The van der Waals surface area contributed by atoms with E-state index in [0.717, 1.165) is 0 Å². The average molecular weight is 750 g/mol. The molecule has 4 unspecified atom stereocenters. The molecule has 0 bridgehead atoms. The van der Waals surface area contributed by atoms with Crippen LogP contribution in [0.2, 0.25) is 0 Å². The molecule has 0 radical (unpaired) electrons. The molecule has 1 aliphatic rings. The Balaban J connectivity index is 2.27. The Morgan fingerprint density at radius 2 is 1.58 bits per heavy atom. The van der Waals surface area contributed by atoms with Crippen LogP contribution < -0.4 is 16.0 Å². The Kier molecular flexibility index (Phi) is 18.3. The highest BCUT2D eigenvalue weighted by atomic mass is 19.1. The molecule has 4 amide bonds. The van der Waals surface area contributed by atoms with Gasteiger partial charge in [-0.3, -0.25) is 19.2 Å². The fraction of sp³-hybridized carbons (Fsp3) is 0.718. The number of hydrogen-bond donors (Lipinski definition) is 4. The van der Waals surface area contributed by atoms with Gasteiger partial charge in [0.1, 0.15) is 17.9 Å². The van der Waals surface area contributed by atoms with E-state index in [1.807, 2.05) is 41.5 Å². The lowest BCUT2D eigenvalue weighted by atomic mass is 9.89. The molecule has 4 N–H and O–H groups in total. The number of amides is 4. The van der Waals surface area contributed by atoms with Gasteiger partial charge in [0.05, 0.1) is 42.7 Å². The van der Waals surface area contributed by atoms with Crippen molar-refractivity contribution >= 4 is 29.6 Å². The smallest absolute Gasteiger partial charge is 0.326 e. The summed E-state index contributed by atoms with van der Waals surface area (Å²) in [7, 11) is 6.36. The van der Waals surface area contributed by atoms with Crippen LogP contribution in [0.4, 0.5) is 4.39 Å². The van der Waals surface area contributed by atoms with E-state index in [4.69, 9.17) is 9.47 Å². The number of halogens is 1. The van der Waals surface area contributed by atoms with E-state index >= 15 is 0 Å².